The summed E-state index contributed by atoms with van der Waals surface area (Å²) in [5.74, 6) is 0.379. The highest BCUT2D eigenvalue weighted by molar-refractivity contribution is 5.59. The summed E-state index contributed by atoms with van der Waals surface area (Å²) >= 11 is 0. The highest BCUT2D eigenvalue weighted by atomic mass is 19.4. The standard InChI is InChI=1S/C12H12F3N3/c1-8-7-18(2)11(16-8)17-10-6-4-3-5-9(10)12(13,14)15/h3-7H,1-2H3,(H,16,17). The van der Waals surface area contributed by atoms with Crippen LogP contribution < -0.4 is 5.32 Å². The number of hydrogen-bond donors (Lipinski definition) is 1. The molecule has 0 aliphatic heterocycles. The molecule has 0 saturated carbocycles. The Balaban J connectivity index is 2.38. The van der Waals surface area contributed by atoms with Gasteiger partial charge in [-0.2, -0.15) is 13.2 Å². The Labute approximate surface area is 102 Å². The second-order valence-electron chi connectivity index (χ2n) is 3.99. The molecule has 0 radical (unpaired) electrons. The number of hydrogen-bond acceptors (Lipinski definition) is 2. The van der Waals surface area contributed by atoms with E-state index in [1.54, 1.807) is 30.8 Å². The molecule has 1 heterocycles. The summed E-state index contributed by atoms with van der Waals surface area (Å²) in [7, 11) is 1.72. The summed E-state index contributed by atoms with van der Waals surface area (Å²) in [6, 6.07) is 5.33. The second-order valence-corrected chi connectivity index (χ2v) is 3.99. The van der Waals surface area contributed by atoms with Crippen LogP contribution in [0.3, 0.4) is 0 Å². The number of aromatic nitrogens is 2. The first-order chi connectivity index (χ1) is 8.38. The third kappa shape index (κ3) is 2.47. The number of halogens is 3. The Hall–Kier alpha value is -1.98. The van der Waals surface area contributed by atoms with Crippen molar-refractivity contribution < 1.29 is 13.2 Å². The molecule has 0 unspecified atom stereocenters. The van der Waals surface area contributed by atoms with E-state index in [2.05, 4.69) is 10.3 Å². The van der Waals surface area contributed by atoms with E-state index >= 15 is 0 Å². The summed E-state index contributed by atoms with van der Waals surface area (Å²) in [5, 5.41) is 2.70. The van der Waals surface area contributed by atoms with Crippen LogP contribution in [0.1, 0.15) is 11.3 Å². The van der Waals surface area contributed by atoms with Crippen LogP contribution in [-0.4, -0.2) is 9.55 Å². The van der Waals surface area contributed by atoms with Gasteiger partial charge in [0.1, 0.15) is 0 Å². The van der Waals surface area contributed by atoms with Crippen molar-refractivity contribution in [2.45, 2.75) is 13.1 Å². The molecule has 2 rings (SSSR count). The molecular formula is C12H12F3N3. The minimum atomic E-state index is -4.39. The van der Waals surface area contributed by atoms with Gasteiger partial charge in [0.15, 0.2) is 0 Å². The number of imidazole rings is 1. The SMILES string of the molecule is Cc1cn(C)c(Nc2ccccc2C(F)(F)F)n1. The summed E-state index contributed by atoms with van der Waals surface area (Å²) in [6.45, 7) is 1.78. The number of nitrogens with zero attached hydrogens (tertiary/aromatic N) is 2. The van der Waals surface area contributed by atoms with E-state index in [4.69, 9.17) is 0 Å². The van der Waals surface area contributed by atoms with Crippen molar-refractivity contribution in [3.8, 4) is 0 Å². The third-order valence-corrected chi connectivity index (χ3v) is 2.48. The van der Waals surface area contributed by atoms with Crippen LogP contribution in [0.15, 0.2) is 30.5 Å². The molecule has 0 aliphatic carbocycles. The average molecular weight is 255 g/mol. The Kier molecular flexibility index (Phi) is 3.02. The van der Waals surface area contributed by atoms with E-state index in [1.807, 2.05) is 0 Å². The number of alkyl halides is 3. The van der Waals surface area contributed by atoms with Gasteiger partial charge in [-0.15, -0.1) is 0 Å². The maximum absolute atomic E-state index is 12.8. The maximum Gasteiger partial charge on any atom is 0.418 e. The number of nitrogens with one attached hydrogen (secondary N) is 1. The largest absolute Gasteiger partial charge is 0.418 e. The van der Waals surface area contributed by atoms with E-state index in [1.165, 1.54) is 12.1 Å². The fraction of sp³-hybridized carbons (Fsp3) is 0.250. The van der Waals surface area contributed by atoms with Gasteiger partial charge in [0, 0.05) is 13.2 Å². The highest BCUT2D eigenvalue weighted by Gasteiger charge is 2.33. The monoisotopic (exact) mass is 255 g/mol. The Morgan fingerprint density at radius 1 is 1.22 bits per heavy atom. The van der Waals surface area contributed by atoms with Gasteiger partial charge >= 0.3 is 6.18 Å². The number of anilines is 2. The number of para-hydroxylation sites is 1. The molecule has 1 N–H and O–H groups in total. The van der Waals surface area contributed by atoms with E-state index in [0.29, 0.717) is 5.95 Å². The van der Waals surface area contributed by atoms with E-state index < -0.39 is 11.7 Å². The molecule has 0 amide bonds. The molecule has 0 saturated heterocycles. The quantitative estimate of drug-likeness (QED) is 0.890. The molecule has 3 nitrogen and oxygen atoms in total. The smallest absolute Gasteiger partial charge is 0.325 e. The minimum Gasteiger partial charge on any atom is -0.325 e. The maximum atomic E-state index is 12.8. The Morgan fingerprint density at radius 3 is 2.44 bits per heavy atom. The van der Waals surface area contributed by atoms with Gasteiger partial charge in [-0.05, 0) is 19.1 Å². The number of aryl methyl sites for hydroxylation is 2. The Bertz CT molecular complexity index is 558. The molecule has 2 aromatic rings. The molecule has 0 atom stereocenters. The molecule has 6 heteroatoms. The lowest BCUT2D eigenvalue weighted by atomic mass is 10.1. The lowest BCUT2D eigenvalue weighted by Gasteiger charge is -2.13. The van der Waals surface area contributed by atoms with Crippen LogP contribution in [0, 0.1) is 6.92 Å². The van der Waals surface area contributed by atoms with E-state index in [0.717, 1.165) is 11.8 Å². The van der Waals surface area contributed by atoms with Crippen LogP contribution in [-0.2, 0) is 13.2 Å². The molecule has 0 spiro atoms. The predicted octanol–water partition coefficient (Wildman–Crippen LogP) is 3.49. The first-order valence-corrected chi connectivity index (χ1v) is 5.31. The zero-order valence-corrected chi connectivity index (χ0v) is 9.92. The van der Waals surface area contributed by atoms with E-state index in [9.17, 15) is 13.2 Å². The van der Waals surface area contributed by atoms with Gasteiger partial charge in [-0.25, -0.2) is 4.98 Å². The third-order valence-electron chi connectivity index (χ3n) is 2.48. The van der Waals surface area contributed by atoms with Crippen molar-refractivity contribution in [1.29, 1.82) is 0 Å². The highest BCUT2D eigenvalue weighted by Crippen LogP contribution is 2.35. The van der Waals surface area contributed by atoms with Crippen molar-refractivity contribution >= 4 is 11.6 Å². The Morgan fingerprint density at radius 2 is 1.89 bits per heavy atom. The summed E-state index contributed by atoms with van der Waals surface area (Å²) in [5.41, 5.74) is 0.0360. The first-order valence-electron chi connectivity index (χ1n) is 5.31. The molecule has 18 heavy (non-hydrogen) atoms. The van der Waals surface area contributed by atoms with Crippen LogP contribution >= 0.6 is 0 Å². The van der Waals surface area contributed by atoms with Crippen molar-refractivity contribution in [3.63, 3.8) is 0 Å². The predicted molar refractivity (Wildman–Crippen MR) is 62.7 cm³/mol. The fourth-order valence-electron chi connectivity index (χ4n) is 1.69. The van der Waals surface area contributed by atoms with Crippen LogP contribution in [0.25, 0.3) is 0 Å². The molecular weight excluding hydrogens is 243 g/mol. The average Bonchev–Trinajstić information content (AvgIpc) is 2.57. The normalized spacial score (nSPS) is 11.6. The van der Waals surface area contributed by atoms with Crippen molar-refractivity contribution in [2.75, 3.05) is 5.32 Å². The van der Waals surface area contributed by atoms with Gasteiger partial charge in [-0.1, -0.05) is 12.1 Å². The van der Waals surface area contributed by atoms with Crippen LogP contribution in [0.2, 0.25) is 0 Å². The molecule has 1 aromatic heterocycles. The molecule has 0 aliphatic rings. The molecule has 1 aromatic carbocycles. The lowest BCUT2D eigenvalue weighted by molar-refractivity contribution is -0.136. The van der Waals surface area contributed by atoms with Crippen molar-refractivity contribution in [2.24, 2.45) is 7.05 Å². The lowest BCUT2D eigenvalue weighted by Crippen LogP contribution is -2.09. The summed E-state index contributed by atoms with van der Waals surface area (Å²) in [4.78, 5) is 4.11. The van der Waals surface area contributed by atoms with Gasteiger partial charge in [0.25, 0.3) is 0 Å². The molecule has 96 valence electrons. The fourth-order valence-corrected chi connectivity index (χ4v) is 1.69. The summed E-state index contributed by atoms with van der Waals surface area (Å²) in [6.07, 6.45) is -2.65. The topological polar surface area (TPSA) is 29.9 Å². The van der Waals surface area contributed by atoms with Crippen molar-refractivity contribution in [3.05, 3.63) is 41.7 Å². The van der Waals surface area contributed by atoms with Gasteiger partial charge in [-0.3, -0.25) is 0 Å². The van der Waals surface area contributed by atoms with Gasteiger partial charge < -0.3 is 9.88 Å². The molecule has 0 bridgehead atoms. The zero-order chi connectivity index (χ0) is 13.3. The van der Waals surface area contributed by atoms with Crippen LogP contribution in [0.5, 0.6) is 0 Å². The minimum absolute atomic E-state index is 0.00120. The van der Waals surface area contributed by atoms with Gasteiger partial charge in [0.2, 0.25) is 5.95 Å². The molecule has 0 fully saturated rings. The second kappa shape index (κ2) is 4.36. The summed E-state index contributed by atoms with van der Waals surface area (Å²) < 4.78 is 40.0. The number of rotatable bonds is 2. The van der Waals surface area contributed by atoms with Crippen LogP contribution in [0.4, 0.5) is 24.8 Å². The zero-order valence-electron chi connectivity index (χ0n) is 9.92. The van der Waals surface area contributed by atoms with E-state index in [-0.39, 0.29) is 5.69 Å². The first kappa shape index (κ1) is 12.5. The number of benzene rings is 1. The van der Waals surface area contributed by atoms with Gasteiger partial charge in [0.05, 0.1) is 16.9 Å². The van der Waals surface area contributed by atoms with Crippen molar-refractivity contribution in [1.82, 2.24) is 9.55 Å².